The van der Waals surface area contributed by atoms with Gasteiger partial charge in [-0.15, -0.1) is 0 Å². The summed E-state index contributed by atoms with van der Waals surface area (Å²) in [6.45, 7) is 5.00. The normalized spacial score (nSPS) is 12.2. The zero-order chi connectivity index (χ0) is 21.1. The van der Waals surface area contributed by atoms with Crippen molar-refractivity contribution >= 4 is 28.4 Å². The van der Waals surface area contributed by atoms with E-state index in [9.17, 15) is 4.79 Å². The van der Waals surface area contributed by atoms with E-state index in [0.29, 0.717) is 24.5 Å². The smallest absolute Gasteiger partial charge is 0.221 e. The fourth-order valence-electron chi connectivity index (χ4n) is 3.94. The standard InChI is InChI=1S/C24H25ClN4O/c1-16-13-17(2)29(28-16)12-11-24(30)27-15-20(18-7-3-5-9-22(18)25)21-14-26-23-10-6-4-8-19(21)23/h3-10,13-14,20,26H,11-12,15H2,1-2H3,(H,27,30)/t20-/m0/s1. The van der Waals surface area contributed by atoms with E-state index in [1.54, 1.807) is 0 Å². The Kier molecular flexibility index (Phi) is 5.91. The molecule has 4 rings (SSSR count). The van der Waals surface area contributed by atoms with Gasteiger partial charge in [-0.25, -0.2) is 0 Å². The minimum absolute atomic E-state index is 0.000511. The molecule has 2 N–H and O–H groups in total. The first kappa shape index (κ1) is 20.2. The number of aromatic amines is 1. The van der Waals surface area contributed by atoms with E-state index in [0.717, 1.165) is 33.4 Å². The highest BCUT2D eigenvalue weighted by Gasteiger charge is 2.21. The maximum Gasteiger partial charge on any atom is 0.221 e. The zero-order valence-corrected chi connectivity index (χ0v) is 17.9. The number of halogens is 1. The number of hydrogen-bond donors (Lipinski definition) is 2. The molecule has 0 aliphatic heterocycles. The number of nitrogens with one attached hydrogen (secondary N) is 2. The molecule has 154 valence electrons. The summed E-state index contributed by atoms with van der Waals surface area (Å²) in [4.78, 5) is 15.9. The highest BCUT2D eigenvalue weighted by Crippen LogP contribution is 2.34. The Bertz CT molecular complexity index is 1180. The Morgan fingerprint density at radius 1 is 1.13 bits per heavy atom. The van der Waals surface area contributed by atoms with Gasteiger partial charge in [-0.1, -0.05) is 48.0 Å². The Labute approximate surface area is 181 Å². The number of benzene rings is 2. The maximum atomic E-state index is 12.6. The molecule has 1 atom stereocenters. The molecule has 0 spiro atoms. The van der Waals surface area contributed by atoms with Crippen LogP contribution in [0.15, 0.2) is 60.8 Å². The monoisotopic (exact) mass is 420 g/mol. The summed E-state index contributed by atoms with van der Waals surface area (Å²) >= 11 is 6.53. The highest BCUT2D eigenvalue weighted by atomic mass is 35.5. The Morgan fingerprint density at radius 3 is 2.67 bits per heavy atom. The molecule has 6 heteroatoms. The van der Waals surface area contributed by atoms with E-state index in [1.165, 1.54) is 0 Å². The molecule has 4 aromatic rings. The molecule has 0 aliphatic rings. The summed E-state index contributed by atoms with van der Waals surface area (Å²) < 4.78 is 1.88. The fourth-order valence-corrected chi connectivity index (χ4v) is 4.21. The number of carbonyl (C=O) groups is 1. The lowest BCUT2D eigenvalue weighted by molar-refractivity contribution is -0.121. The number of hydrogen-bond acceptors (Lipinski definition) is 2. The van der Waals surface area contributed by atoms with Crippen molar-refractivity contribution in [2.45, 2.75) is 32.7 Å². The van der Waals surface area contributed by atoms with Crippen molar-refractivity contribution in [3.63, 3.8) is 0 Å². The number of fused-ring (bicyclic) bond motifs is 1. The molecule has 0 aliphatic carbocycles. The highest BCUT2D eigenvalue weighted by molar-refractivity contribution is 6.31. The lowest BCUT2D eigenvalue weighted by atomic mass is 9.90. The van der Waals surface area contributed by atoms with Crippen molar-refractivity contribution in [1.82, 2.24) is 20.1 Å². The van der Waals surface area contributed by atoms with Crippen LogP contribution in [-0.4, -0.2) is 27.2 Å². The third kappa shape index (κ3) is 4.26. The summed E-state index contributed by atoms with van der Waals surface area (Å²) in [6, 6.07) is 18.0. The van der Waals surface area contributed by atoms with Crippen LogP contribution in [0.3, 0.4) is 0 Å². The van der Waals surface area contributed by atoms with E-state index in [1.807, 2.05) is 67.2 Å². The molecule has 2 heterocycles. The second-order valence-electron chi connectivity index (χ2n) is 7.57. The number of amides is 1. The molecule has 0 unspecified atom stereocenters. The van der Waals surface area contributed by atoms with Crippen LogP contribution >= 0.6 is 11.6 Å². The minimum Gasteiger partial charge on any atom is -0.361 e. The van der Waals surface area contributed by atoms with Gasteiger partial charge in [0, 0.05) is 53.2 Å². The average molecular weight is 421 g/mol. The predicted molar refractivity (Wildman–Crippen MR) is 121 cm³/mol. The van der Waals surface area contributed by atoms with E-state index in [4.69, 9.17) is 11.6 Å². The van der Waals surface area contributed by atoms with Crippen molar-refractivity contribution in [3.8, 4) is 0 Å². The number of rotatable bonds is 7. The van der Waals surface area contributed by atoms with E-state index in [2.05, 4.69) is 27.5 Å². The molecule has 0 saturated carbocycles. The fraction of sp³-hybridized carbons (Fsp3) is 0.250. The molecule has 1 amide bonds. The zero-order valence-electron chi connectivity index (χ0n) is 17.2. The first-order valence-electron chi connectivity index (χ1n) is 10.1. The van der Waals surface area contributed by atoms with Crippen molar-refractivity contribution in [2.75, 3.05) is 6.54 Å². The molecule has 0 radical (unpaired) electrons. The largest absolute Gasteiger partial charge is 0.361 e. The van der Waals surface area contributed by atoms with Crippen molar-refractivity contribution < 1.29 is 4.79 Å². The van der Waals surface area contributed by atoms with Gasteiger partial charge >= 0.3 is 0 Å². The maximum absolute atomic E-state index is 12.6. The molecule has 30 heavy (non-hydrogen) atoms. The van der Waals surface area contributed by atoms with Gasteiger partial charge in [0.2, 0.25) is 5.91 Å². The second-order valence-corrected chi connectivity index (χ2v) is 7.98. The van der Waals surface area contributed by atoms with Crippen LogP contribution in [0, 0.1) is 13.8 Å². The number of carbonyl (C=O) groups excluding carboxylic acids is 1. The van der Waals surface area contributed by atoms with E-state index < -0.39 is 0 Å². The van der Waals surface area contributed by atoms with Gasteiger partial charge < -0.3 is 10.3 Å². The number of aromatic nitrogens is 3. The lowest BCUT2D eigenvalue weighted by Gasteiger charge is -2.19. The van der Waals surface area contributed by atoms with Gasteiger partial charge in [0.1, 0.15) is 0 Å². The van der Waals surface area contributed by atoms with Crippen LogP contribution < -0.4 is 5.32 Å². The average Bonchev–Trinajstić information content (AvgIpc) is 3.30. The SMILES string of the molecule is Cc1cc(C)n(CCC(=O)NC[C@@H](c2ccccc2Cl)c2c[nH]c3ccccc23)n1. The van der Waals surface area contributed by atoms with Crippen LogP contribution in [-0.2, 0) is 11.3 Å². The third-order valence-corrected chi connectivity index (χ3v) is 5.78. The number of aryl methyl sites for hydroxylation is 3. The quantitative estimate of drug-likeness (QED) is 0.443. The van der Waals surface area contributed by atoms with Crippen LogP contribution in [0.1, 0.15) is 34.9 Å². The van der Waals surface area contributed by atoms with Gasteiger partial charge in [-0.3, -0.25) is 9.48 Å². The Hall–Kier alpha value is -3.05. The van der Waals surface area contributed by atoms with Gasteiger partial charge in [0.15, 0.2) is 0 Å². The van der Waals surface area contributed by atoms with Gasteiger partial charge in [0.25, 0.3) is 0 Å². The summed E-state index contributed by atoms with van der Waals surface area (Å²) in [5, 5.41) is 9.37. The topological polar surface area (TPSA) is 62.7 Å². The second kappa shape index (κ2) is 8.76. The van der Waals surface area contributed by atoms with Crippen molar-refractivity contribution in [2.24, 2.45) is 0 Å². The Morgan fingerprint density at radius 2 is 1.90 bits per heavy atom. The summed E-state index contributed by atoms with van der Waals surface area (Å²) in [5.74, 6) is -0.0491. The van der Waals surface area contributed by atoms with E-state index in [-0.39, 0.29) is 11.8 Å². The van der Waals surface area contributed by atoms with Crippen LogP contribution in [0.4, 0.5) is 0 Å². The molecule has 5 nitrogen and oxygen atoms in total. The predicted octanol–water partition coefficient (Wildman–Crippen LogP) is 4.97. The molecular formula is C24H25ClN4O. The minimum atomic E-state index is -0.0486. The summed E-state index contributed by atoms with van der Waals surface area (Å²) in [6.07, 6.45) is 2.39. The first-order valence-corrected chi connectivity index (χ1v) is 10.5. The molecule has 2 aromatic carbocycles. The lowest BCUT2D eigenvalue weighted by Crippen LogP contribution is -2.29. The number of H-pyrrole nitrogens is 1. The van der Waals surface area contributed by atoms with Crippen LogP contribution in [0.25, 0.3) is 10.9 Å². The van der Waals surface area contributed by atoms with Gasteiger partial charge in [0.05, 0.1) is 5.69 Å². The van der Waals surface area contributed by atoms with Crippen LogP contribution in [0.2, 0.25) is 5.02 Å². The van der Waals surface area contributed by atoms with Crippen LogP contribution in [0.5, 0.6) is 0 Å². The molecule has 0 saturated heterocycles. The van der Waals surface area contributed by atoms with Gasteiger partial charge in [-0.2, -0.15) is 5.10 Å². The summed E-state index contributed by atoms with van der Waals surface area (Å²) in [5.41, 5.74) is 5.22. The van der Waals surface area contributed by atoms with Crippen molar-refractivity contribution in [3.05, 3.63) is 88.3 Å². The first-order chi connectivity index (χ1) is 14.5. The molecular weight excluding hydrogens is 396 g/mol. The Balaban J connectivity index is 1.53. The molecule has 2 aromatic heterocycles. The number of nitrogens with zero attached hydrogens (tertiary/aromatic N) is 2. The number of para-hydroxylation sites is 1. The van der Waals surface area contributed by atoms with E-state index >= 15 is 0 Å². The molecule has 0 fully saturated rings. The summed E-state index contributed by atoms with van der Waals surface area (Å²) in [7, 11) is 0. The third-order valence-electron chi connectivity index (χ3n) is 5.43. The van der Waals surface area contributed by atoms with Gasteiger partial charge in [-0.05, 0) is 43.2 Å². The molecule has 0 bridgehead atoms. The van der Waals surface area contributed by atoms with Crippen molar-refractivity contribution in [1.29, 1.82) is 0 Å².